The summed E-state index contributed by atoms with van der Waals surface area (Å²) in [5.41, 5.74) is 0.861. The number of nitrogens with one attached hydrogen (secondary N) is 1. The summed E-state index contributed by atoms with van der Waals surface area (Å²) in [5.74, 6) is 0.446. The molecule has 1 atom stereocenters. The predicted octanol–water partition coefficient (Wildman–Crippen LogP) is 2.40. The number of aliphatic hydroxyl groups excluding tert-OH is 1. The second kappa shape index (κ2) is 8.01. The first-order chi connectivity index (χ1) is 9.43. The van der Waals surface area contributed by atoms with Crippen molar-refractivity contribution in [3.63, 3.8) is 0 Å². The van der Waals surface area contributed by atoms with Crippen LogP contribution in [0.2, 0.25) is 0 Å². The maximum absolute atomic E-state index is 12.2. The van der Waals surface area contributed by atoms with Crippen LogP contribution in [0.15, 0.2) is 18.2 Å². The molecule has 1 aromatic rings. The predicted molar refractivity (Wildman–Crippen MR) is 72.2 cm³/mol. The van der Waals surface area contributed by atoms with Crippen LogP contribution in [-0.2, 0) is 6.54 Å². The molecule has 0 bridgehead atoms. The van der Waals surface area contributed by atoms with Gasteiger partial charge in [0, 0.05) is 13.1 Å². The number of methoxy groups -OCH3 is 1. The minimum Gasteiger partial charge on any atom is -0.493 e. The molecule has 4 nitrogen and oxygen atoms in total. The van der Waals surface area contributed by atoms with Crippen molar-refractivity contribution >= 4 is 0 Å². The number of ether oxygens (including phenoxy) is 2. The highest BCUT2D eigenvalue weighted by Gasteiger charge is 2.12. The molecule has 1 aromatic carbocycles. The Morgan fingerprint density at radius 1 is 1.25 bits per heavy atom. The average Bonchev–Trinajstić information content (AvgIpc) is 2.39. The van der Waals surface area contributed by atoms with Crippen molar-refractivity contribution in [3.05, 3.63) is 23.8 Å². The smallest absolute Gasteiger partial charge is 0.387 e. The van der Waals surface area contributed by atoms with E-state index in [-0.39, 0.29) is 17.4 Å². The fraction of sp³-hybridized carbons (Fsp3) is 0.571. The standard InChI is InChI=1S/C14H21F2NO3/c1-9(2)11(18)8-17-7-10-4-5-12(20-14(15)16)13(6-10)19-3/h4-6,9,11,14,17-18H,7-8H2,1-3H3. The quantitative estimate of drug-likeness (QED) is 0.771. The molecule has 20 heavy (non-hydrogen) atoms. The van der Waals surface area contributed by atoms with Gasteiger partial charge in [-0.1, -0.05) is 19.9 Å². The number of rotatable bonds is 8. The molecular weight excluding hydrogens is 268 g/mol. The van der Waals surface area contributed by atoms with Gasteiger partial charge in [0.1, 0.15) is 0 Å². The van der Waals surface area contributed by atoms with Gasteiger partial charge in [-0.15, -0.1) is 0 Å². The Morgan fingerprint density at radius 3 is 2.50 bits per heavy atom. The molecule has 0 aliphatic heterocycles. The second-order valence-electron chi connectivity index (χ2n) is 4.81. The molecule has 0 spiro atoms. The first kappa shape index (κ1) is 16.7. The lowest BCUT2D eigenvalue weighted by Gasteiger charge is -2.16. The summed E-state index contributed by atoms with van der Waals surface area (Å²) in [5, 5.41) is 12.8. The maximum Gasteiger partial charge on any atom is 0.387 e. The Labute approximate surface area is 117 Å². The van der Waals surface area contributed by atoms with E-state index < -0.39 is 12.7 Å². The summed E-state index contributed by atoms with van der Waals surface area (Å²) in [7, 11) is 1.40. The van der Waals surface area contributed by atoms with Crippen LogP contribution in [0.3, 0.4) is 0 Å². The molecule has 0 saturated carbocycles. The van der Waals surface area contributed by atoms with Crippen LogP contribution in [0.4, 0.5) is 8.78 Å². The fourth-order valence-electron chi connectivity index (χ4n) is 1.62. The molecule has 0 heterocycles. The van der Waals surface area contributed by atoms with E-state index in [2.05, 4.69) is 10.1 Å². The molecule has 0 aromatic heterocycles. The maximum atomic E-state index is 12.2. The molecule has 0 aliphatic carbocycles. The van der Waals surface area contributed by atoms with Crippen molar-refractivity contribution in [1.82, 2.24) is 5.32 Å². The Kier molecular flexibility index (Phi) is 6.67. The summed E-state index contributed by atoms with van der Waals surface area (Å²) in [6, 6.07) is 4.75. The van der Waals surface area contributed by atoms with Crippen LogP contribution in [-0.4, -0.2) is 31.5 Å². The molecule has 0 radical (unpaired) electrons. The minimum atomic E-state index is -2.88. The van der Waals surface area contributed by atoms with E-state index in [0.717, 1.165) is 5.56 Å². The van der Waals surface area contributed by atoms with E-state index in [1.54, 1.807) is 12.1 Å². The fourth-order valence-corrected chi connectivity index (χ4v) is 1.62. The van der Waals surface area contributed by atoms with Crippen LogP contribution < -0.4 is 14.8 Å². The number of halogens is 2. The first-order valence-electron chi connectivity index (χ1n) is 6.44. The lowest BCUT2D eigenvalue weighted by molar-refractivity contribution is -0.0512. The number of hydrogen-bond acceptors (Lipinski definition) is 4. The molecular formula is C14H21F2NO3. The SMILES string of the molecule is COc1cc(CNCC(O)C(C)C)ccc1OC(F)F. The van der Waals surface area contributed by atoms with Gasteiger partial charge >= 0.3 is 6.61 Å². The molecule has 1 unspecified atom stereocenters. The van der Waals surface area contributed by atoms with Crippen molar-refractivity contribution in [3.8, 4) is 11.5 Å². The Bertz CT molecular complexity index is 413. The van der Waals surface area contributed by atoms with Crippen LogP contribution in [0.5, 0.6) is 11.5 Å². The van der Waals surface area contributed by atoms with Gasteiger partial charge in [-0.2, -0.15) is 8.78 Å². The molecule has 0 amide bonds. The highest BCUT2D eigenvalue weighted by Crippen LogP contribution is 2.29. The third-order valence-corrected chi connectivity index (χ3v) is 2.90. The van der Waals surface area contributed by atoms with Crippen molar-refractivity contribution in [2.75, 3.05) is 13.7 Å². The van der Waals surface area contributed by atoms with Gasteiger partial charge in [0.25, 0.3) is 0 Å². The summed E-state index contributed by atoms with van der Waals surface area (Å²) in [6.45, 7) is 1.97. The highest BCUT2D eigenvalue weighted by atomic mass is 19.3. The second-order valence-corrected chi connectivity index (χ2v) is 4.81. The third-order valence-electron chi connectivity index (χ3n) is 2.90. The number of benzene rings is 1. The minimum absolute atomic E-state index is 0.00784. The van der Waals surface area contributed by atoms with E-state index in [9.17, 15) is 13.9 Å². The Hall–Kier alpha value is -1.40. The van der Waals surface area contributed by atoms with Crippen LogP contribution in [0, 0.1) is 5.92 Å². The molecule has 0 aliphatic rings. The van der Waals surface area contributed by atoms with Gasteiger partial charge in [-0.25, -0.2) is 0 Å². The van der Waals surface area contributed by atoms with Crippen molar-refractivity contribution < 1.29 is 23.4 Å². The molecule has 0 saturated heterocycles. The summed E-state index contributed by atoms with van der Waals surface area (Å²) in [6.07, 6.45) is -0.418. The first-order valence-corrected chi connectivity index (χ1v) is 6.44. The number of hydrogen-bond donors (Lipinski definition) is 2. The molecule has 114 valence electrons. The molecule has 6 heteroatoms. The van der Waals surface area contributed by atoms with E-state index in [1.165, 1.54) is 13.2 Å². The van der Waals surface area contributed by atoms with E-state index in [1.807, 2.05) is 13.8 Å². The monoisotopic (exact) mass is 289 g/mol. The zero-order valence-electron chi connectivity index (χ0n) is 11.9. The molecule has 0 fully saturated rings. The van der Waals surface area contributed by atoms with Gasteiger partial charge in [-0.05, 0) is 23.6 Å². The number of aliphatic hydroxyl groups is 1. The van der Waals surface area contributed by atoms with Crippen LogP contribution in [0.1, 0.15) is 19.4 Å². The van der Waals surface area contributed by atoms with Crippen molar-refractivity contribution in [1.29, 1.82) is 0 Å². The van der Waals surface area contributed by atoms with E-state index >= 15 is 0 Å². The van der Waals surface area contributed by atoms with Gasteiger partial charge < -0.3 is 19.9 Å². The van der Waals surface area contributed by atoms with E-state index in [0.29, 0.717) is 13.1 Å². The highest BCUT2D eigenvalue weighted by molar-refractivity contribution is 5.42. The summed E-state index contributed by atoms with van der Waals surface area (Å²) < 4.78 is 33.7. The molecule has 1 rings (SSSR count). The van der Waals surface area contributed by atoms with Crippen LogP contribution >= 0.6 is 0 Å². The van der Waals surface area contributed by atoms with E-state index in [4.69, 9.17) is 4.74 Å². The Balaban J connectivity index is 2.59. The lowest BCUT2D eigenvalue weighted by Crippen LogP contribution is -2.30. The topological polar surface area (TPSA) is 50.7 Å². The number of alkyl halides is 2. The largest absolute Gasteiger partial charge is 0.493 e. The zero-order chi connectivity index (χ0) is 15.1. The third kappa shape index (κ3) is 5.30. The van der Waals surface area contributed by atoms with Gasteiger partial charge in [-0.3, -0.25) is 0 Å². The molecule has 2 N–H and O–H groups in total. The summed E-state index contributed by atoms with van der Waals surface area (Å²) >= 11 is 0. The van der Waals surface area contributed by atoms with Gasteiger partial charge in [0.05, 0.1) is 13.2 Å². The summed E-state index contributed by atoms with van der Waals surface area (Å²) in [4.78, 5) is 0. The van der Waals surface area contributed by atoms with Crippen molar-refractivity contribution in [2.45, 2.75) is 33.1 Å². The Morgan fingerprint density at radius 2 is 1.95 bits per heavy atom. The van der Waals surface area contributed by atoms with Crippen LogP contribution in [0.25, 0.3) is 0 Å². The lowest BCUT2D eigenvalue weighted by atomic mass is 10.1. The average molecular weight is 289 g/mol. The van der Waals surface area contributed by atoms with Gasteiger partial charge in [0.15, 0.2) is 11.5 Å². The van der Waals surface area contributed by atoms with Crippen molar-refractivity contribution in [2.24, 2.45) is 5.92 Å². The normalized spacial score (nSPS) is 12.8. The zero-order valence-corrected chi connectivity index (χ0v) is 11.9. The van der Waals surface area contributed by atoms with Gasteiger partial charge in [0.2, 0.25) is 0 Å².